The van der Waals surface area contributed by atoms with Crippen LogP contribution in [0, 0.1) is 5.41 Å². The maximum absolute atomic E-state index is 10.2. The van der Waals surface area contributed by atoms with E-state index in [0.29, 0.717) is 0 Å². The van der Waals surface area contributed by atoms with E-state index in [-0.39, 0.29) is 17.6 Å². The van der Waals surface area contributed by atoms with Crippen molar-refractivity contribution in [3.63, 3.8) is 0 Å². The van der Waals surface area contributed by atoms with Gasteiger partial charge in [0.2, 0.25) is 0 Å². The minimum atomic E-state index is -0.149. The summed E-state index contributed by atoms with van der Waals surface area (Å²) in [5, 5.41) is 10.2. The first-order chi connectivity index (χ1) is 8.81. The van der Waals surface area contributed by atoms with E-state index in [1.165, 1.54) is 25.7 Å². The zero-order chi connectivity index (χ0) is 12.4. The van der Waals surface area contributed by atoms with Crippen molar-refractivity contribution in [2.75, 3.05) is 0 Å². The molecular weight excluding hydrogens is 224 g/mol. The maximum Gasteiger partial charge on any atom is 0.119 e. The molecule has 1 spiro atoms. The van der Waals surface area contributed by atoms with Crippen LogP contribution in [0.15, 0.2) is 30.3 Å². The van der Waals surface area contributed by atoms with Crippen LogP contribution in [0.4, 0.5) is 0 Å². The Bertz CT molecular complexity index is 379. The van der Waals surface area contributed by atoms with Crippen molar-refractivity contribution in [3.8, 4) is 5.75 Å². The number of aliphatic hydroxyl groups is 1. The van der Waals surface area contributed by atoms with Gasteiger partial charge < -0.3 is 9.84 Å². The highest BCUT2D eigenvalue weighted by Gasteiger charge is 2.55. The van der Waals surface area contributed by atoms with E-state index in [9.17, 15) is 5.11 Å². The first-order valence-corrected chi connectivity index (χ1v) is 7.21. The molecule has 98 valence electrons. The first kappa shape index (κ1) is 12.0. The normalized spacial score (nSPS) is 30.5. The molecule has 0 heterocycles. The van der Waals surface area contributed by atoms with Crippen LogP contribution in [0.25, 0.3) is 0 Å². The molecule has 0 amide bonds. The second kappa shape index (κ2) is 4.93. The third-order valence-electron chi connectivity index (χ3n) is 4.80. The van der Waals surface area contributed by atoms with Gasteiger partial charge in [-0.3, -0.25) is 0 Å². The van der Waals surface area contributed by atoms with Gasteiger partial charge in [-0.2, -0.15) is 0 Å². The van der Waals surface area contributed by atoms with Crippen molar-refractivity contribution in [2.24, 2.45) is 5.41 Å². The van der Waals surface area contributed by atoms with Gasteiger partial charge in [0, 0.05) is 11.8 Å². The molecule has 2 heteroatoms. The van der Waals surface area contributed by atoms with Crippen LogP contribution in [0.5, 0.6) is 5.75 Å². The SMILES string of the molecule is OC1CC(Oc2ccccc2)C12CCCCCC2. The Hall–Kier alpha value is -1.02. The third-order valence-corrected chi connectivity index (χ3v) is 4.80. The summed E-state index contributed by atoms with van der Waals surface area (Å²) in [6.07, 6.45) is 8.24. The number of rotatable bonds is 2. The van der Waals surface area contributed by atoms with Crippen LogP contribution >= 0.6 is 0 Å². The van der Waals surface area contributed by atoms with Gasteiger partial charge in [0.1, 0.15) is 11.9 Å². The lowest BCUT2D eigenvalue weighted by Crippen LogP contribution is -2.59. The fraction of sp³-hybridized carbons (Fsp3) is 0.625. The number of benzene rings is 1. The van der Waals surface area contributed by atoms with Crippen LogP contribution in [0.3, 0.4) is 0 Å². The zero-order valence-corrected chi connectivity index (χ0v) is 10.8. The van der Waals surface area contributed by atoms with Gasteiger partial charge >= 0.3 is 0 Å². The second-order valence-corrected chi connectivity index (χ2v) is 5.82. The van der Waals surface area contributed by atoms with Crippen molar-refractivity contribution < 1.29 is 9.84 Å². The smallest absolute Gasteiger partial charge is 0.119 e. The third kappa shape index (κ3) is 2.03. The first-order valence-electron chi connectivity index (χ1n) is 7.21. The molecule has 2 nitrogen and oxygen atoms in total. The van der Waals surface area contributed by atoms with E-state index in [1.54, 1.807) is 0 Å². The summed E-state index contributed by atoms with van der Waals surface area (Å²) in [6.45, 7) is 0. The predicted molar refractivity (Wildman–Crippen MR) is 71.6 cm³/mol. The number of hydrogen-bond donors (Lipinski definition) is 1. The average Bonchev–Trinajstić information content (AvgIpc) is 2.67. The molecule has 0 radical (unpaired) electrons. The number of aliphatic hydroxyl groups excluding tert-OH is 1. The lowest BCUT2D eigenvalue weighted by molar-refractivity contribution is -0.163. The van der Waals surface area contributed by atoms with Crippen LogP contribution in [0.2, 0.25) is 0 Å². The highest BCUT2D eigenvalue weighted by molar-refractivity contribution is 5.22. The summed E-state index contributed by atoms with van der Waals surface area (Å²) in [6, 6.07) is 10.0. The molecule has 2 fully saturated rings. The Balaban J connectivity index is 1.72. The molecule has 3 rings (SSSR count). The highest BCUT2D eigenvalue weighted by atomic mass is 16.5. The molecule has 0 aliphatic heterocycles. The van der Waals surface area contributed by atoms with Crippen LogP contribution in [0.1, 0.15) is 44.9 Å². The molecule has 0 saturated heterocycles. The highest BCUT2D eigenvalue weighted by Crippen LogP contribution is 2.52. The molecule has 1 aromatic rings. The van der Waals surface area contributed by atoms with Gasteiger partial charge in [0.05, 0.1) is 6.10 Å². The Labute approximate surface area is 109 Å². The predicted octanol–water partition coefficient (Wildman–Crippen LogP) is 3.54. The zero-order valence-electron chi connectivity index (χ0n) is 10.8. The molecule has 2 aliphatic carbocycles. The Morgan fingerprint density at radius 2 is 1.67 bits per heavy atom. The molecule has 1 N–H and O–H groups in total. The summed E-state index contributed by atoms with van der Waals surface area (Å²) in [5.41, 5.74) is 0.0480. The molecule has 2 unspecified atom stereocenters. The number of ether oxygens (including phenoxy) is 1. The van der Waals surface area contributed by atoms with Gasteiger partial charge in [0.25, 0.3) is 0 Å². The van der Waals surface area contributed by atoms with Gasteiger partial charge in [-0.15, -0.1) is 0 Å². The molecule has 1 aromatic carbocycles. The molecule has 2 aliphatic rings. The molecule has 2 saturated carbocycles. The minimum absolute atomic E-state index is 0.0480. The fourth-order valence-corrected chi connectivity index (χ4v) is 3.60. The Morgan fingerprint density at radius 1 is 1.00 bits per heavy atom. The summed E-state index contributed by atoms with van der Waals surface area (Å²) < 4.78 is 6.11. The largest absolute Gasteiger partial charge is 0.490 e. The van der Waals surface area contributed by atoms with Crippen LogP contribution < -0.4 is 4.74 Å². The van der Waals surface area contributed by atoms with Crippen molar-refractivity contribution in [2.45, 2.75) is 57.2 Å². The van der Waals surface area contributed by atoms with E-state index < -0.39 is 0 Å². The lowest BCUT2D eigenvalue weighted by atomic mass is 9.59. The monoisotopic (exact) mass is 246 g/mol. The van der Waals surface area contributed by atoms with Crippen molar-refractivity contribution in [1.29, 1.82) is 0 Å². The van der Waals surface area contributed by atoms with E-state index >= 15 is 0 Å². The standard InChI is InChI=1S/C16H22O2/c17-14-12-15(18-13-8-4-3-5-9-13)16(14)10-6-1-2-7-11-16/h3-5,8-9,14-15,17H,1-2,6-7,10-12H2. The molecule has 18 heavy (non-hydrogen) atoms. The summed E-state index contributed by atoms with van der Waals surface area (Å²) >= 11 is 0. The quantitative estimate of drug-likeness (QED) is 0.865. The van der Waals surface area contributed by atoms with E-state index in [1.807, 2.05) is 30.3 Å². The van der Waals surface area contributed by atoms with Gasteiger partial charge in [-0.05, 0) is 25.0 Å². The van der Waals surface area contributed by atoms with Gasteiger partial charge in [0.15, 0.2) is 0 Å². The van der Waals surface area contributed by atoms with Gasteiger partial charge in [-0.1, -0.05) is 43.9 Å². The molecule has 0 bridgehead atoms. The van der Waals surface area contributed by atoms with Crippen LogP contribution in [-0.2, 0) is 0 Å². The molecule has 2 atom stereocenters. The molecule has 0 aromatic heterocycles. The van der Waals surface area contributed by atoms with E-state index in [2.05, 4.69) is 0 Å². The summed E-state index contributed by atoms with van der Waals surface area (Å²) in [7, 11) is 0. The number of para-hydroxylation sites is 1. The van der Waals surface area contributed by atoms with Crippen molar-refractivity contribution >= 4 is 0 Å². The van der Waals surface area contributed by atoms with Crippen LogP contribution in [-0.4, -0.2) is 17.3 Å². The summed E-state index contributed by atoms with van der Waals surface area (Å²) in [5.74, 6) is 0.943. The average molecular weight is 246 g/mol. The second-order valence-electron chi connectivity index (χ2n) is 5.82. The van der Waals surface area contributed by atoms with Crippen molar-refractivity contribution in [3.05, 3.63) is 30.3 Å². The Kier molecular flexibility index (Phi) is 3.29. The summed E-state index contributed by atoms with van der Waals surface area (Å²) in [4.78, 5) is 0. The Morgan fingerprint density at radius 3 is 2.28 bits per heavy atom. The number of hydrogen-bond acceptors (Lipinski definition) is 2. The van der Waals surface area contributed by atoms with Crippen molar-refractivity contribution in [1.82, 2.24) is 0 Å². The van der Waals surface area contributed by atoms with E-state index in [0.717, 1.165) is 25.0 Å². The van der Waals surface area contributed by atoms with E-state index in [4.69, 9.17) is 4.74 Å². The minimum Gasteiger partial charge on any atom is -0.490 e. The maximum atomic E-state index is 10.2. The lowest BCUT2D eigenvalue weighted by Gasteiger charge is -2.53. The molecular formula is C16H22O2. The van der Waals surface area contributed by atoms with Gasteiger partial charge in [-0.25, -0.2) is 0 Å². The fourth-order valence-electron chi connectivity index (χ4n) is 3.60. The topological polar surface area (TPSA) is 29.5 Å².